The van der Waals surface area contributed by atoms with Crippen LogP contribution in [0.4, 0.5) is 0 Å². The number of carbonyl (C=O) groups is 1. The lowest BCUT2D eigenvalue weighted by Gasteiger charge is -2.28. The van der Waals surface area contributed by atoms with Gasteiger partial charge in [-0.05, 0) is 26.2 Å². The SMILES string of the molecule is CCCCCCCC(=O)NCC1CCCC(C)N1. The van der Waals surface area contributed by atoms with Gasteiger partial charge in [0.25, 0.3) is 0 Å². The monoisotopic (exact) mass is 254 g/mol. The molecule has 1 fully saturated rings. The highest BCUT2D eigenvalue weighted by Gasteiger charge is 2.17. The zero-order valence-electron chi connectivity index (χ0n) is 12.1. The molecule has 0 aliphatic carbocycles. The number of unbranched alkanes of at least 4 members (excludes halogenated alkanes) is 4. The molecule has 2 atom stereocenters. The molecular formula is C15H30N2O. The Bertz CT molecular complexity index is 231. The van der Waals surface area contributed by atoms with Crippen molar-refractivity contribution in [3.63, 3.8) is 0 Å². The Hall–Kier alpha value is -0.570. The summed E-state index contributed by atoms with van der Waals surface area (Å²) in [6.45, 7) is 5.24. The third-order valence-corrected chi connectivity index (χ3v) is 3.76. The Morgan fingerprint density at radius 3 is 2.72 bits per heavy atom. The van der Waals surface area contributed by atoms with Crippen molar-refractivity contribution in [3.05, 3.63) is 0 Å². The van der Waals surface area contributed by atoms with Crippen molar-refractivity contribution in [2.24, 2.45) is 0 Å². The number of rotatable bonds is 8. The summed E-state index contributed by atoms with van der Waals surface area (Å²) in [5, 5.41) is 6.60. The summed E-state index contributed by atoms with van der Waals surface area (Å²) < 4.78 is 0. The van der Waals surface area contributed by atoms with Crippen molar-refractivity contribution in [3.8, 4) is 0 Å². The second kappa shape index (κ2) is 9.37. The van der Waals surface area contributed by atoms with Gasteiger partial charge in [-0.15, -0.1) is 0 Å². The molecule has 1 aliphatic heterocycles. The number of nitrogens with one attached hydrogen (secondary N) is 2. The number of hydrogen-bond donors (Lipinski definition) is 2. The summed E-state index contributed by atoms with van der Waals surface area (Å²) in [6.07, 6.45) is 10.5. The molecule has 0 aromatic heterocycles. The number of hydrogen-bond acceptors (Lipinski definition) is 2. The van der Waals surface area contributed by atoms with Gasteiger partial charge in [-0.25, -0.2) is 0 Å². The van der Waals surface area contributed by atoms with E-state index >= 15 is 0 Å². The van der Waals surface area contributed by atoms with E-state index < -0.39 is 0 Å². The molecule has 0 radical (unpaired) electrons. The molecule has 106 valence electrons. The maximum absolute atomic E-state index is 11.7. The molecule has 2 unspecified atom stereocenters. The molecule has 1 amide bonds. The molecule has 1 heterocycles. The Balaban J connectivity index is 1.99. The standard InChI is InChI=1S/C15H30N2O/c1-3-4-5-6-7-11-15(18)16-12-14-10-8-9-13(2)17-14/h13-14,17H,3-12H2,1-2H3,(H,16,18). The van der Waals surface area contributed by atoms with Crippen LogP contribution in [-0.2, 0) is 4.79 Å². The maximum atomic E-state index is 11.7. The van der Waals surface area contributed by atoms with Gasteiger partial charge in [0.2, 0.25) is 5.91 Å². The molecule has 3 heteroatoms. The molecule has 0 aromatic rings. The van der Waals surface area contributed by atoms with Crippen LogP contribution in [0.1, 0.15) is 71.6 Å². The van der Waals surface area contributed by atoms with Gasteiger partial charge < -0.3 is 10.6 Å². The minimum Gasteiger partial charge on any atom is -0.355 e. The van der Waals surface area contributed by atoms with Gasteiger partial charge in [0.1, 0.15) is 0 Å². The van der Waals surface area contributed by atoms with Crippen LogP contribution in [0.25, 0.3) is 0 Å². The average Bonchev–Trinajstić information content (AvgIpc) is 2.36. The number of carbonyl (C=O) groups excluding carboxylic acids is 1. The van der Waals surface area contributed by atoms with E-state index in [-0.39, 0.29) is 5.91 Å². The topological polar surface area (TPSA) is 41.1 Å². The number of piperidine rings is 1. The number of amides is 1. The zero-order valence-corrected chi connectivity index (χ0v) is 12.1. The van der Waals surface area contributed by atoms with Crippen LogP contribution in [0, 0.1) is 0 Å². The zero-order chi connectivity index (χ0) is 13.2. The summed E-state index contributed by atoms with van der Waals surface area (Å²) in [7, 11) is 0. The summed E-state index contributed by atoms with van der Waals surface area (Å²) in [5.41, 5.74) is 0. The van der Waals surface area contributed by atoms with E-state index in [1.807, 2.05) is 0 Å². The van der Waals surface area contributed by atoms with E-state index in [1.54, 1.807) is 0 Å². The van der Waals surface area contributed by atoms with Crippen molar-refractivity contribution in [1.82, 2.24) is 10.6 Å². The van der Waals surface area contributed by atoms with E-state index in [4.69, 9.17) is 0 Å². The third-order valence-electron chi connectivity index (χ3n) is 3.76. The van der Waals surface area contributed by atoms with Gasteiger partial charge in [0.15, 0.2) is 0 Å². The van der Waals surface area contributed by atoms with Crippen molar-refractivity contribution < 1.29 is 4.79 Å². The van der Waals surface area contributed by atoms with Crippen molar-refractivity contribution in [2.75, 3.05) is 6.54 Å². The van der Waals surface area contributed by atoms with Crippen LogP contribution in [0.2, 0.25) is 0 Å². The fourth-order valence-electron chi connectivity index (χ4n) is 2.61. The van der Waals surface area contributed by atoms with Crippen LogP contribution < -0.4 is 10.6 Å². The van der Waals surface area contributed by atoms with Crippen LogP contribution in [0.5, 0.6) is 0 Å². The molecule has 1 saturated heterocycles. The third kappa shape index (κ3) is 7.00. The van der Waals surface area contributed by atoms with E-state index in [2.05, 4.69) is 24.5 Å². The Kier molecular flexibility index (Phi) is 8.06. The first-order valence-corrected chi connectivity index (χ1v) is 7.75. The van der Waals surface area contributed by atoms with Crippen LogP contribution in [0.3, 0.4) is 0 Å². The van der Waals surface area contributed by atoms with Crippen LogP contribution >= 0.6 is 0 Å². The lowest BCUT2D eigenvalue weighted by atomic mass is 9.99. The first-order valence-electron chi connectivity index (χ1n) is 7.75. The predicted molar refractivity (Wildman–Crippen MR) is 76.6 cm³/mol. The smallest absolute Gasteiger partial charge is 0.220 e. The minimum atomic E-state index is 0.228. The molecule has 18 heavy (non-hydrogen) atoms. The van der Waals surface area contributed by atoms with E-state index in [0.29, 0.717) is 18.5 Å². The second-order valence-corrected chi connectivity index (χ2v) is 5.66. The van der Waals surface area contributed by atoms with Gasteiger partial charge in [-0.1, -0.05) is 39.0 Å². The fraction of sp³-hybridized carbons (Fsp3) is 0.933. The highest BCUT2D eigenvalue weighted by molar-refractivity contribution is 5.75. The normalized spacial score (nSPS) is 23.9. The molecule has 1 rings (SSSR count). The maximum Gasteiger partial charge on any atom is 0.220 e. The van der Waals surface area contributed by atoms with Crippen LogP contribution in [-0.4, -0.2) is 24.5 Å². The molecule has 1 aliphatic rings. The lowest BCUT2D eigenvalue weighted by molar-refractivity contribution is -0.121. The van der Waals surface area contributed by atoms with Gasteiger partial charge in [0, 0.05) is 25.0 Å². The fourth-order valence-corrected chi connectivity index (χ4v) is 2.61. The predicted octanol–water partition coefficient (Wildman–Crippen LogP) is 2.99. The Morgan fingerprint density at radius 2 is 2.00 bits per heavy atom. The molecule has 0 bridgehead atoms. The first-order chi connectivity index (χ1) is 8.72. The summed E-state index contributed by atoms with van der Waals surface area (Å²) in [5.74, 6) is 0.228. The van der Waals surface area contributed by atoms with Crippen molar-refractivity contribution >= 4 is 5.91 Å². The molecule has 2 N–H and O–H groups in total. The van der Waals surface area contributed by atoms with E-state index in [0.717, 1.165) is 13.0 Å². The highest BCUT2D eigenvalue weighted by atomic mass is 16.1. The van der Waals surface area contributed by atoms with Gasteiger partial charge >= 0.3 is 0 Å². The minimum absolute atomic E-state index is 0.228. The average molecular weight is 254 g/mol. The molecule has 0 spiro atoms. The van der Waals surface area contributed by atoms with Gasteiger partial charge in [0.05, 0.1) is 0 Å². The Labute approximate surface area is 112 Å². The molecule has 3 nitrogen and oxygen atoms in total. The second-order valence-electron chi connectivity index (χ2n) is 5.66. The quantitative estimate of drug-likeness (QED) is 0.654. The molecule has 0 saturated carbocycles. The van der Waals surface area contributed by atoms with Gasteiger partial charge in [-0.3, -0.25) is 4.79 Å². The van der Waals surface area contributed by atoms with Crippen molar-refractivity contribution in [2.45, 2.75) is 83.7 Å². The van der Waals surface area contributed by atoms with Crippen molar-refractivity contribution in [1.29, 1.82) is 0 Å². The summed E-state index contributed by atoms with van der Waals surface area (Å²) >= 11 is 0. The van der Waals surface area contributed by atoms with E-state index in [1.165, 1.54) is 44.9 Å². The summed E-state index contributed by atoms with van der Waals surface area (Å²) in [6, 6.07) is 1.09. The van der Waals surface area contributed by atoms with E-state index in [9.17, 15) is 4.79 Å². The Morgan fingerprint density at radius 1 is 1.22 bits per heavy atom. The molecule has 0 aromatic carbocycles. The molecular weight excluding hydrogens is 224 g/mol. The first kappa shape index (κ1) is 15.5. The summed E-state index contributed by atoms with van der Waals surface area (Å²) in [4.78, 5) is 11.7. The van der Waals surface area contributed by atoms with Crippen LogP contribution in [0.15, 0.2) is 0 Å². The lowest BCUT2D eigenvalue weighted by Crippen LogP contribution is -2.47. The van der Waals surface area contributed by atoms with Gasteiger partial charge in [-0.2, -0.15) is 0 Å². The highest BCUT2D eigenvalue weighted by Crippen LogP contribution is 2.11. The largest absolute Gasteiger partial charge is 0.355 e.